The number of para-hydroxylation sites is 1. The molecule has 0 amide bonds. The average Bonchev–Trinajstić information content (AvgIpc) is 2.74. The number of hydrogen-bond acceptors (Lipinski definition) is 7. The highest BCUT2D eigenvalue weighted by Gasteiger charge is 2.62. The van der Waals surface area contributed by atoms with Crippen molar-refractivity contribution in [1.29, 1.82) is 0 Å². The lowest BCUT2D eigenvalue weighted by molar-refractivity contribution is -0.387. The second kappa shape index (κ2) is 8.85. The van der Waals surface area contributed by atoms with Gasteiger partial charge in [-0.25, -0.2) is 0 Å². The van der Waals surface area contributed by atoms with Gasteiger partial charge in [-0.1, -0.05) is 53.2 Å². The zero-order valence-corrected chi connectivity index (χ0v) is 17.9. The molecule has 1 fully saturated rings. The lowest BCUT2D eigenvalue weighted by atomic mass is 9.68. The Bertz CT molecular complexity index is 766. The van der Waals surface area contributed by atoms with E-state index in [-0.39, 0.29) is 0 Å². The Morgan fingerprint density at radius 3 is 2.48 bits per heavy atom. The Morgan fingerprint density at radius 1 is 1.17 bits per heavy atom. The van der Waals surface area contributed by atoms with E-state index in [1.54, 1.807) is 0 Å². The zero-order valence-electron chi connectivity index (χ0n) is 16.4. The van der Waals surface area contributed by atoms with E-state index >= 15 is 0 Å². The molecule has 1 heterocycles. The first-order chi connectivity index (χ1) is 13.8. The highest BCUT2D eigenvalue weighted by Crippen LogP contribution is 2.51. The Morgan fingerprint density at radius 2 is 1.86 bits per heavy atom. The molecule has 0 spiro atoms. The number of methoxy groups -OCH3 is 1. The first-order valence-corrected chi connectivity index (χ1v) is 10.2. The van der Waals surface area contributed by atoms with Gasteiger partial charge in [0.05, 0.1) is 6.61 Å². The minimum absolute atomic E-state index is 0.301. The van der Waals surface area contributed by atoms with E-state index in [0.717, 1.165) is 15.8 Å². The molecule has 2 aliphatic rings. The highest BCUT2D eigenvalue weighted by molar-refractivity contribution is 9.11. The quantitative estimate of drug-likeness (QED) is 0.498. The van der Waals surface area contributed by atoms with Gasteiger partial charge >= 0.3 is 0 Å². The van der Waals surface area contributed by atoms with Crippen molar-refractivity contribution in [2.75, 3.05) is 20.3 Å². The van der Waals surface area contributed by atoms with Gasteiger partial charge in [-0.15, -0.1) is 0 Å². The minimum Gasteiger partial charge on any atom is -0.489 e. The number of allylic oxidation sites excluding steroid dienone is 2. The normalized spacial score (nSPS) is 37.6. The largest absolute Gasteiger partial charge is 0.489 e. The van der Waals surface area contributed by atoms with Crippen molar-refractivity contribution in [3.05, 3.63) is 52.5 Å². The Balaban J connectivity index is 1.87. The van der Waals surface area contributed by atoms with Gasteiger partial charge < -0.3 is 34.6 Å². The summed E-state index contributed by atoms with van der Waals surface area (Å²) < 4.78 is 18.3. The molecule has 1 aromatic carbocycles. The summed E-state index contributed by atoms with van der Waals surface area (Å²) in [4.78, 5) is 0. The third-order valence-electron chi connectivity index (χ3n) is 5.72. The molecule has 1 aromatic rings. The molecule has 4 N–H and O–H groups in total. The molecule has 1 aliphatic carbocycles. The number of ether oxygens (including phenoxy) is 3. The van der Waals surface area contributed by atoms with Gasteiger partial charge in [-0.3, -0.25) is 0 Å². The fourth-order valence-electron chi connectivity index (χ4n) is 4.02. The van der Waals surface area contributed by atoms with E-state index in [4.69, 9.17) is 14.2 Å². The van der Waals surface area contributed by atoms with Gasteiger partial charge in [0.2, 0.25) is 5.79 Å². The lowest BCUT2D eigenvalue weighted by Crippen LogP contribution is -2.71. The fourth-order valence-corrected chi connectivity index (χ4v) is 4.41. The summed E-state index contributed by atoms with van der Waals surface area (Å²) >= 11 is 3.54. The maximum Gasteiger partial charge on any atom is 0.206 e. The van der Waals surface area contributed by atoms with Gasteiger partial charge in [0, 0.05) is 17.0 Å². The van der Waals surface area contributed by atoms with Crippen LogP contribution in [-0.4, -0.2) is 71.0 Å². The van der Waals surface area contributed by atoms with Crippen LogP contribution in [0.15, 0.2) is 52.5 Å². The molecular weight excluding hydrogens is 444 g/mol. The van der Waals surface area contributed by atoms with E-state index in [9.17, 15) is 20.4 Å². The van der Waals surface area contributed by atoms with Crippen LogP contribution < -0.4 is 4.74 Å². The summed E-state index contributed by atoms with van der Waals surface area (Å²) in [6, 6.07) is 9.40. The summed E-state index contributed by atoms with van der Waals surface area (Å²) in [5.74, 6) is -0.952. The van der Waals surface area contributed by atoms with E-state index in [1.807, 2.05) is 49.4 Å². The minimum atomic E-state index is -1.68. The van der Waals surface area contributed by atoms with Gasteiger partial charge in [-0.2, -0.15) is 0 Å². The van der Waals surface area contributed by atoms with Gasteiger partial charge in [0.25, 0.3) is 0 Å². The molecule has 7 nitrogen and oxygen atoms in total. The third kappa shape index (κ3) is 4.03. The Kier molecular flexibility index (Phi) is 6.84. The molecule has 1 aliphatic heterocycles. The molecule has 0 saturated carbocycles. The van der Waals surface area contributed by atoms with Crippen LogP contribution in [0.1, 0.15) is 13.3 Å². The van der Waals surface area contributed by atoms with Gasteiger partial charge in [0.15, 0.2) is 0 Å². The lowest BCUT2D eigenvalue weighted by Gasteiger charge is -2.55. The molecule has 0 aromatic heterocycles. The summed E-state index contributed by atoms with van der Waals surface area (Å²) in [6.45, 7) is 1.60. The molecule has 1 unspecified atom stereocenters. The van der Waals surface area contributed by atoms with Crippen molar-refractivity contribution >= 4 is 15.9 Å². The van der Waals surface area contributed by atoms with Crippen molar-refractivity contribution in [3.63, 3.8) is 0 Å². The van der Waals surface area contributed by atoms with Gasteiger partial charge in [-0.05, 0) is 24.1 Å². The van der Waals surface area contributed by atoms with Crippen LogP contribution in [0.25, 0.3) is 0 Å². The zero-order chi connectivity index (χ0) is 21.2. The molecular formula is C21H27BrO7. The highest BCUT2D eigenvalue weighted by atomic mass is 79.9. The predicted molar refractivity (Wildman–Crippen MR) is 109 cm³/mol. The van der Waals surface area contributed by atoms with Crippen molar-refractivity contribution < 1.29 is 34.6 Å². The SMILES string of the molecule is CO[C@@]1(C2(C)C=CC(Br)=C(COc3ccccc3)C2)O[C@H](CO)[C@@H](O)[C@H](O)[C@H]1O. The van der Waals surface area contributed by atoms with Crippen LogP contribution >= 0.6 is 15.9 Å². The van der Waals surface area contributed by atoms with E-state index in [0.29, 0.717) is 13.0 Å². The summed E-state index contributed by atoms with van der Waals surface area (Å²) in [6.07, 6.45) is -1.56. The van der Waals surface area contributed by atoms with Crippen LogP contribution in [0.4, 0.5) is 0 Å². The standard InChI is InChI=1S/C21H27BrO7/c1-20(21(27-2)19(26)18(25)17(24)16(11-23)29-21)9-8-15(22)13(10-20)12-28-14-6-4-3-5-7-14/h3-9,16-19,23-26H,10-12H2,1-2H3/t16-,17-,18+,19-,20?,21-/m1/s1. The Labute approximate surface area is 178 Å². The van der Waals surface area contributed by atoms with Crippen LogP contribution in [0, 0.1) is 5.41 Å². The molecule has 6 atom stereocenters. The van der Waals surface area contributed by atoms with Crippen molar-refractivity contribution in [3.8, 4) is 5.75 Å². The fraction of sp³-hybridized carbons (Fsp3) is 0.524. The number of rotatable bonds is 6. The second-order valence-corrected chi connectivity index (χ2v) is 8.47. The van der Waals surface area contributed by atoms with Crippen LogP contribution in [0.5, 0.6) is 5.75 Å². The molecule has 8 heteroatoms. The van der Waals surface area contributed by atoms with E-state index < -0.39 is 42.2 Å². The number of aliphatic hydroxyl groups is 4. The average molecular weight is 471 g/mol. The molecule has 3 rings (SSSR count). The van der Waals surface area contributed by atoms with E-state index in [2.05, 4.69) is 15.9 Å². The number of halogens is 1. The third-order valence-corrected chi connectivity index (χ3v) is 6.55. The van der Waals surface area contributed by atoms with Crippen LogP contribution in [-0.2, 0) is 9.47 Å². The van der Waals surface area contributed by atoms with Crippen molar-refractivity contribution in [2.45, 2.75) is 43.5 Å². The maximum atomic E-state index is 10.8. The second-order valence-electron chi connectivity index (χ2n) is 7.62. The van der Waals surface area contributed by atoms with Crippen molar-refractivity contribution in [1.82, 2.24) is 0 Å². The monoisotopic (exact) mass is 470 g/mol. The topological polar surface area (TPSA) is 109 Å². The molecule has 29 heavy (non-hydrogen) atoms. The summed E-state index contributed by atoms with van der Waals surface area (Å²) in [5.41, 5.74) is -0.00485. The molecule has 160 valence electrons. The Hall–Kier alpha value is -1.26. The number of benzene rings is 1. The van der Waals surface area contributed by atoms with Crippen molar-refractivity contribution in [2.24, 2.45) is 5.41 Å². The predicted octanol–water partition coefficient (Wildman–Crippen LogP) is 1.50. The smallest absolute Gasteiger partial charge is 0.206 e. The number of hydrogen-bond donors (Lipinski definition) is 4. The maximum absolute atomic E-state index is 10.8. The van der Waals surface area contributed by atoms with Gasteiger partial charge in [0.1, 0.15) is 36.8 Å². The number of aliphatic hydroxyl groups excluding tert-OH is 4. The van der Waals surface area contributed by atoms with Crippen LogP contribution in [0.2, 0.25) is 0 Å². The summed E-state index contributed by atoms with van der Waals surface area (Å²) in [5, 5.41) is 40.9. The summed E-state index contributed by atoms with van der Waals surface area (Å²) in [7, 11) is 1.37. The first-order valence-electron chi connectivity index (χ1n) is 9.40. The molecule has 1 saturated heterocycles. The first kappa shape index (κ1) is 22.4. The molecule has 0 radical (unpaired) electrons. The van der Waals surface area contributed by atoms with E-state index in [1.165, 1.54) is 7.11 Å². The molecule has 0 bridgehead atoms. The van der Waals surface area contributed by atoms with Crippen LogP contribution in [0.3, 0.4) is 0 Å².